The molecular formula is C22H26FN3. The Hall–Kier alpha value is -2.46. The van der Waals surface area contributed by atoms with Gasteiger partial charge < -0.3 is 5.32 Å². The van der Waals surface area contributed by atoms with Gasteiger partial charge in [0.25, 0.3) is 0 Å². The van der Waals surface area contributed by atoms with E-state index in [-0.39, 0.29) is 11.9 Å². The minimum atomic E-state index is -0.204. The Balaban J connectivity index is 1.69. The summed E-state index contributed by atoms with van der Waals surface area (Å²) < 4.78 is 15.1. The van der Waals surface area contributed by atoms with Crippen molar-refractivity contribution in [3.8, 4) is 0 Å². The van der Waals surface area contributed by atoms with Crippen LogP contribution in [0.2, 0.25) is 0 Å². The molecule has 0 spiro atoms. The molecular weight excluding hydrogens is 325 g/mol. The Morgan fingerprint density at radius 2 is 1.65 bits per heavy atom. The van der Waals surface area contributed by atoms with Crippen LogP contribution in [0.25, 0.3) is 0 Å². The summed E-state index contributed by atoms with van der Waals surface area (Å²) in [7, 11) is 0. The van der Waals surface area contributed by atoms with Gasteiger partial charge in [0.15, 0.2) is 0 Å². The van der Waals surface area contributed by atoms with Gasteiger partial charge in [0, 0.05) is 23.8 Å². The maximum atomic E-state index is 13.1. The zero-order valence-corrected chi connectivity index (χ0v) is 15.9. The predicted molar refractivity (Wildman–Crippen MR) is 104 cm³/mol. The molecule has 3 nitrogen and oxygen atoms in total. The van der Waals surface area contributed by atoms with Crippen molar-refractivity contribution in [2.24, 2.45) is 0 Å². The Morgan fingerprint density at radius 3 is 2.31 bits per heavy atom. The van der Waals surface area contributed by atoms with Gasteiger partial charge in [-0.3, -0.25) is 4.68 Å². The second-order valence-electron chi connectivity index (χ2n) is 6.95. The molecule has 0 unspecified atom stereocenters. The lowest BCUT2D eigenvalue weighted by molar-refractivity contribution is 0.567. The van der Waals surface area contributed by atoms with Gasteiger partial charge in [0.2, 0.25) is 0 Å². The van der Waals surface area contributed by atoms with Crippen molar-refractivity contribution in [1.82, 2.24) is 15.1 Å². The van der Waals surface area contributed by atoms with E-state index in [1.807, 2.05) is 12.1 Å². The Labute approximate surface area is 154 Å². The van der Waals surface area contributed by atoms with Gasteiger partial charge in [-0.25, -0.2) is 4.39 Å². The monoisotopic (exact) mass is 351 g/mol. The number of aryl methyl sites for hydroxylation is 2. The van der Waals surface area contributed by atoms with Gasteiger partial charge >= 0.3 is 0 Å². The molecule has 0 aliphatic rings. The predicted octanol–water partition coefficient (Wildman–Crippen LogP) is 4.85. The number of nitrogens with one attached hydrogen (secondary N) is 1. The number of aromatic nitrogens is 2. The zero-order chi connectivity index (χ0) is 18.7. The lowest BCUT2D eigenvalue weighted by Crippen LogP contribution is -2.19. The van der Waals surface area contributed by atoms with Crippen LogP contribution in [0.5, 0.6) is 0 Å². The molecule has 2 aromatic carbocycles. The molecule has 136 valence electrons. The number of hydrogen-bond donors (Lipinski definition) is 1. The first-order chi connectivity index (χ1) is 12.4. The fraction of sp³-hybridized carbons (Fsp3) is 0.318. The highest BCUT2D eigenvalue weighted by atomic mass is 19.1. The normalized spacial score (nSPS) is 12.3. The van der Waals surface area contributed by atoms with Crippen LogP contribution in [0.1, 0.15) is 46.6 Å². The van der Waals surface area contributed by atoms with E-state index in [2.05, 4.69) is 62.0 Å². The first-order valence-electron chi connectivity index (χ1n) is 9.01. The summed E-state index contributed by atoms with van der Waals surface area (Å²) in [5.41, 5.74) is 7.05. The summed E-state index contributed by atoms with van der Waals surface area (Å²) in [6.45, 7) is 9.88. The van der Waals surface area contributed by atoms with Crippen molar-refractivity contribution in [2.45, 2.75) is 46.8 Å². The fourth-order valence-electron chi connectivity index (χ4n) is 3.13. The number of benzene rings is 2. The van der Waals surface area contributed by atoms with E-state index in [0.717, 1.165) is 24.3 Å². The minimum absolute atomic E-state index is 0.148. The number of hydrogen-bond acceptors (Lipinski definition) is 2. The molecule has 4 heteroatoms. The van der Waals surface area contributed by atoms with Gasteiger partial charge in [-0.05, 0) is 51.0 Å². The molecule has 1 aromatic heterocycles. The van der Waals surface area contributed by atoms with Crippen molar-refractivity contribution in [3.63, 3.8) is 0 Å². The van der Waals surface area contributed by atoms with Gasteiger partial charge in [-0.2, -0.15) is 5.10 Å². The smallest absolute Gasteiger partial charge is 0.123 e. The molecule has 1 heterocycles. The molecule has 1 N–H and O–H groups in total. The molecule has 0 saturated heterocycles. The third-order valence-corrected chi connectivity index (χ3v) is 4.94. The van der Waals surface area contributed by atoms with E-state index in [9.17, 15) is 4.39 Å². The summed E-state index contributed by atoms with van der Waals surface area (Å²) in [6.07, 6.45) is 0. The van der Waals surface area contributed by atoms with Crippen LogP contribution in [0.15, 0.2) is 48.5 Å². The van der Waals surface area contributed by atoms with E-state index in [0.29, 0.717) is 0 Å². The summed E-state index contributed by atoms with van der Waals surface area (Å²) in [5.74, 6) is -0.204. The highest BCUT2D eigenvalue weighted by Crippen LogP contribution is 2.18. The number of nitrogens with zero attached hydrogens (tertiary/aromatic N) is 2. The molecule has 3 rings (SSSR count). The zero-order valence-electron chi connectivity index (χ0n) is 15.9. The van der Waals surface area contributed by atoms with Gasteiger partial charge in [0.1, 0.15) is 5.82 Å². The fourth-order valence-corrected chi connectivity index (χ4v) is 3.13. The molecule has 0 aliphatic heterocycles. The summed E-state index contributed by atoms with van der Waals surface area (Å²) in [6, 6.07) is 15.4. The first kappa shape index (κ1) is 18.3. The molecule has 0 aliphatic carbocycles. The van der Waals surface area contributed by atoms with Gasteiger partial charge in [-0.15, -0.1) is 0 Å². The maximum absolute atomic E-state index is 13.1. The first-order valence-corrected chi connectivity index (χ1v) is 9.01. The second kappa shape index (κ2) is 7.83. The average Bonchev–Trinajstić information content (AvgIpc) is 2.89. The number of halogens is 1. The van der Waals surface area contributed by atoms with Crippen molar-refractivity contribution in [3.05, 3.63) is 88.0 Å². The van der Waals surface area contributed by atoms with Crippen LogP contribution in [-0.2, 0) is 13.1 Å². The molecule has 3 aromatic rings. The summed E-state index contributed by atoms with van der Waals surface area (Å²) in [5, 5.41) is 8.24. The molecule has 0 bridgehead atoms. The van der Waals surface area contributed by atoms with Crippen molar-refractivity contribution >= 4 is 0 Å². The Kier molecular flexibility index (Phi) is 5.52. The molecule has 0 radical (unpaired) electrons. The maximum Gasteiger partial charge on any atom is 0.123 e. The van der Waals surface area contributed by atoms with E-state index < -0.39 is 0 Å². The molecule has 26 heavy (non-hydrogen) atoms. The third kappa shape index (κ3) is 4.20. The highest BCUT2D eigenvalue weighted by Gasteiger charge is 2.13. The van der Waals surface area contributed by atoms with Gasteiger partial charge in [-0.1, -0.05) is 42.0 Å². The Bertz CT molecular complexity index is 864. The second-order valence-corrected chi connectivity index (χ2v) is 6.95. The van der Waals surface area contributed by atoms with Crippen LogP contribution in [0.3, 0.4) is 0 Å². The molecule has 1 atom stereocenters. The topological polar surface area (TPSA) is 29.9 Å². The van der Waals surface area contributed by atoms with Crippen LogP contribution >= 0.6 is 0 Å². The van der Waals surface area contributed by atoms with Crippen LogP contribution < -0.4 is 5.32 Å². The molecule has 0 saturated carbocycles. The largest absolute Gasteiger partial charge is 0.306 e. The van der Waals surface area contributed by atoms with Gasteiger partial charge in [0.05, 0.1) is 12.2 Å². The van der Waals surface area contributed by atoms with E-state index in [1.165, 1.54) is 34.5 Å². The lowest BCUT2D eigenvalue weighted by atomic mass is 10.1. The van der Waals surface area contributed by atoms with E-state index in [1.54, 1.807) is 0 Å². The lowest BCUT2D eigenvalue weighted by Gasteiger charge is -2.14. The summed E-state index contributed by atoms with van der Waals surface area (Å²) in [4.78, 5) is 0. The Morgan fingerprint density at radius 1 is 1.00 bits per heavy atom. The average molecular weight is 351 g/mol. The SMILES string of the molecule is Cc1ccc(Cn2nc(C)c(CN[C@H](C)c3ccc(F)cc3)c2C)cc1. The van der Waals surface area contributed by atoms with Crippen molar-refractivity contribution < 1.29 is 4.39 Å². The molecule has 0 amide bonds. The van der Waals surface area contributed by atoms with Crippen molar-refractivity contribution in [2.75, 3.05) is 0 Å². The van der Waals surface area contributed by atoms with Crippen molar-refractivity contribution in [1.29, 1.82) is 0 Å². The number of rotatable bonds is 6. The van der Waals surface area contributed by atoms with E-state index >= 15 is 0 Å². The highest BCUT2D eigenvalue weighted by molar-refractivity contribution is 5.27. The minimum Gasteiger partial charge on any atom is -0.306 e. The summed E-state index contributed by atoms with van der Waals surface area (Å²) >= 11 is 0. The third-order valence-electron chi connectivity index (χ3n) is 4.94. The quantitative estimate of drug-likeness (QED) is 0.688. The molecule has 0 fully saturated rings. The van der Waals surface area contributed by atoms with E-state index in [4.69, 9.17) is 5.10 Å². The van der Waals surface area contributed by atoms with Crippen LogP contribution in [-0.4, -0.2) is 9.78 Å². The van der Waals surface area contributed by atoms with Crippen LogP contribution in [0.4, 0.5) is 4.39 Å². The standard InChI is InChI=1S/C22H26FN3/c1-15-5-7-19(8-6-15)14-26-18(4)22(17(3)25-26)13-24-16(2)20-9-11-21(23)12-10-20/h5-12,16,24H,13-14H2,1-4H3/t16-/m1/s1. The van der Waals surface area contributed by atoms with Crippen LogP contribution in [0, 0.1) is 26.6 Å².